The number of hydrogen-bond acceptors (Lipinski definition) is 4. The first-order valence-electron chi connectivity index (χ1n) is 6.03. The molecule has 8 heteroatoms. The van der Waals surface area contributed by atoms with E-state index in [1.807, 2.05) is 0 Å². The summed E-state index contributed by atoms with van der Waals surface area (Å²) in [6, 6.07) is 2.82. The number of amides is 1. The second kappa shape index (κ2) is 5.28. The summed E-state index contributed by atoms with van der Waals surface area (Å²) in [6.45, 7) is 0. The van der Waals surface area contributed by atoms with Crippen LogP contribution in [-0.2, 0) is 11.8 Å². The van der Waals surface area contributed by atoms with Crippen molar-refractivity contribution in [3.05, 3.63) is 35.5 Å². The SMILES string of the molecule is Cn1ccc2c(F)c(C=NN=C3NC(=O)CS3)c(F)cc21. The highest BCUT2D eigenvalue weighted by molar-refractivity contribution is 8.15. The monoisotopic (exact) mass is 308 g/mol. The summed E-state index contributed by atoms with van der Waals surface area (Å²) in [7, 11) is 1.71. The van der Waals surface area contributed by atoms with Gasteiger partial charge in [-0.3, -0.25) is 4.79 Å². The molecule has 0 unspecified atom stereocenters. The molecule has 1 amide bonds. The van der Waals surface area contributed by atoms with Gasteiger partial charge in [0.15, 0.2) is 5.17 Å². The summed E-state index contributed by atoms with van der Waals surface area (Å²) in [5.74, 6) is -1.30. The molecule has 1 aliphatic rings. The molecule has 3 rings (SSSR count). The third-order valence-corrected chi connectivity index (χ3v) is 3.90. The van der Waals surface area contributed by atoms with Gasteiger partial charge in [0.05, 0.1) is 23.0 Å². The standard InChI is InChI=1S/C13H10F2N4OS/c1-19-3-2-7-10(19)4-9(14)8(12(7)15)5-16-18-13-17-11(20)6-21-13/h2-5H,6H2,1H3,(H,17,18,20). The number of nitrogens with one attached hydrogen (secondary N) is 1. The summed E-state index contributed by atoms with van der Waals surface area (Å²) < 4.78 is 29.8. The molecule has 2 aromatic rings. The van der Waals surface area contributed by atoms with E-state index in [2.05, 4.69) is 15.5 Å². The highest BCUT2D eigenvalue weighted by atomic mass is 32.2. The molecule has 21 heavy (non-hydrogen) atoms. The Morgan fingerprint density at radius 1 is 1.48 bits per heavy atom. The van der Waals surface area contributed by atoms with E-state index in [9.17, 15) is 13.6 Å². The number of thioether (sulfide) groups is 1. The van der Waals surface area contributed by atoms with Gasteiger partial charge < -0.3 is 9.88 Å². The Labute approximate surface area is 122 Å². The number of carbonyl (C=O) groups excluding carboxylic acids is 1. The van der Waals surface area contributed by atoms with Gasteiger partial charge in [0, 0.05) is 18.6 Å². The van der Waals surface area contributed by atoms with Gasteiger partial charge in [-0.25, -0.2) is 8.78 Å². The molecule has 0 bridgehead atoms. The lowest BCUT2D eigenvalue weighted by Crippen LogP contribution is -2.19. The van der Waals surface area contributed by atoms with E-state index < -0.39 is 11.6 Å². The highest BCUT2D eigenvalue weighted by Gasteiger charge is 2.16. The molecule has 1 aromatic heterocycles. The number of fused-ring (bicyclic) bond motifs is 1. The maximum Gasteiger partial charge on any atom is 0.236 e. The number of halogens is 2. The van der Waals surface area contributed by atoms with Gasteiger partial charge in [0.2, 0.25) is 5.91 Å². The summed E-state index contributed by atoms with van der Waals surface area (Å²) >= 11 is 1.18. The van der Waals surface area contributed by atoms with E-state index >= 15 is 0 Å². The Morgan fingerprint density at radius 3 is 3.00 bits per heavy atom. The van der Waals surface area contributed by atoms with Crippen LogP contribution in [0.5, 0.6) is 0 Å². The Balaban J connectivity index is 1.95. The first-order valence-corrected chi connectivity index (χ1v) is 7.01. The summed E-state index contributed by atoms with van der Waals surface area (Å²) in [5, 5.41) is 10.5. The molecular weight excluding hydrogens is 298 g/mol. The fraction of sp³-hybridized carbons (Fsp3) is 0.154. The smallest absolute Gasteiger partial charge is 0.236 e. The zero-order chi connectivity index (χ0) is 15.0. The lowest BCUT2D eigenvalue weighted by molar-refractivity contribution is -0.116. The number of nitrogens with zero attached hydrogens (tertiary/aromatic N) is 3. The molecular formula is C13H10F2N4OS. The van der Waals surface area contributed by atoms with E-state index in [-0.39, 0.29) is 17.2 Å². The highest BCUT2D eigenvalue weighted by Crippen LogP contribution is 2.23. The molecule has 0 spiro atoms. The third kappa shape index (κ3) is 2.54. The molecule has 0 saturated carbocycles. The molecule has 1 aromatic carbocycles. The molecule has 108 valence electrons. The lowest BCUT2D eigenvalue weighted by atomic mass is 10.1. The number of benzene rings is 1. The molecule has 0 atom stereocenters. The van der Waals surface area contributed by atoms with Gasteiger partial charge in [-0.2, -0.15) is 5.10 Å². The van der Waals surface area contributed by atoms with Crippen molar-refractivity contribution in [3.8, 4) is 0 Å². The summed E-state index contributed by atoms with van der Waals surface area (Å²) in [4.78, 5) is 11.0. The van der Waals surface area contributed by atoms with Crippen LogP contribution < -0.4 is 5.32 Å². The van der Waals surface area contributed by atoms with Crippen LogP contribution in [0.4, 0.5) is 8.78 Å². The molecule has 1 fully saturated rings. The lowest BCUT2D eigenvalue weighted by Gasteiger charge is -2.02. The van der Waals surface area contributed by atoms with Crippen molar-refractivity contribution in [1.82, 2.24) is 9.88 Å². The number of aryl methyl sites for hydroxylation is 1. The predicted molar refractivity (Wildman–Crippen MR) is 78.5 cm³/mol. The molecule has 5 nitrogen and oxygen atoms in total. The van der Waals surface area contributed by atoms with Crippen molar-refractivity contribution in [2.24, 2.45) is 17.3 Å². The third-order valence-electron chi connectivity index (χ3n) is 3.04. The predicted octanol–water partition coefficient (Wildman–Crippen LogP) is 2.01. The number of aromatic nitrogens is 1. The number of hydrogen-bond donors (Lipinski definition) is 1. The van der Waals surface area contributed by atoms with Crippen LogP contribution in [0.3, 0.4) is 0 Å². The van der Waals surface area contributed by atoms with E-state index in [1.165, 1.54) is 17.8 Å². The van der Waals surface area contributed by atoms with Crippen molar-refractivity contribution in [2.75, 3.05) is 5.75 Å². The molecule has 1 N–H and O–H groups in total. The molecule has 1 aliphatic heterocycles. The first kappa shape index (κ1) is 13.7. The van der Waals surface area contributed by atoms with E-state index in [1.54, 1.807) is 23.9 Å². The van der Waals surface area contributed by atoms with Gasteiger partial charge in [0.25, 0.3) is 0 Å². The fourth-order valence-corrected chi connectivity index (χ4v) is 2.62. The molecule has 1 saturated heterocycles. The van der Waals surface area contributed by atoms with E-state index in [0.29, 0.717) is 16.1 Å². The average molecular weight is 308 g/mol. The van der Waals surface area contributed by atoms with Gasteiger partial charge in [0.1, 0.15) is 11.6 Å². The molecule has 2 heterocycles. The van der Waals surface area contributed by atoms with Gasteiger partial charge in [-0.1, -0.05) is 11.8 Å². The van der Waals surface area contributed by atoms with Crippen LogP contribution in [-0.4, -0.2) is 27.6 Å². The van der Waals surface area contributed by atoms with Gasteiger partial charge in [-0.05, 0) is 12.1 Å². The quantitative estimate of drug-likeness (QED) is 0.681. The van der Waals surface area contributed by atoms with Crippen molar-refractivity contribution in [2.45, 2.75) is 0 Å². The van der Waals surface area contributed by atoms with E-state index in [4.69, 9.17) is 0 Å². The Hall–Kier alpha value is -2.22. The van der Waals surface area contributed by atoms with Crippen molar-refractivity contribution < 1.29 is 13.6 Å². The van der Waals surface area contributed by atoms with Crippen LogP contribution in [0.15, 0.2) is 28.5 Å². The van der Waals surface area contributed by atoms with Crippen molar-refractivity contribution in [3.63, 3.8) is 0 Å². The first-order chi connectivity index (χ1) is 10.1. The van der Waals surface area contributed by atoms with E-state index in [0.717, 1.165) is 6.21 Å². The minimum Gasteiger partial charge on any atom is -0.350 e. The van der Waals surface area contributed by atoms with Crippen molar-refractivity contribution in [1.29, 1.82) is 0 Å². The second-order valence-corrected chi connectivity index (χ2v) is 5.40. The average Bonchev–Trinajstić information content (AvgIpc) is 3.01. The maximum atomic E-state index is 14.2. The normalized spacial score (nSPS) is 17.3. The second-order valence-electron chi connectivity index (χ2n) is 4.43. The van der Waals surface area contributed by atoms with Crippen LogP contribution in [0.25, 0.3) is 10.9 Å². The zero-order valence-electron chi connectivity index (χ0n) is 10.9. The minimum atomic E-state index is -0.714. The van der Waals surface area contributed by atoms with Crippen LogP contribution in [0.1, 0.15) is 5.56 Å². The molecule has 0 radical (unpaired) electrons. The largest absolute Gasteiger partial charge is 0.350 e. The van der Waals surface area contributed by atoms with Crippen molar-refractivity contribution >= 4 is 40.0 Å². The number of carbonyl (C=O) groups is 1. The van der Waals surface area contributed by atoms with Crippen LogP contribution in [0.2, 0.25) is 0 Å². The Morgan fingerprint density at radius 2 is 2.29 bits per heavy atom. The maximum absolute atomic E-state index is 14.2. The number of rotatable bonds is 2. The molecule has 0 aliphatic carbocycles. The van der Waals surface area contributed by atoms with Crippen LogP contribution in [0, 0.1) is 11.6 Å². The Kier molecular flexibility index (Phi) is 3.46. The van der Waals surface area contributed by atoms with Gasteiger partial charge in [-0.15, -0.1) is 5.10 Å². The zero-order valence-corrected chi connectivity index (χ0v) is 11.7. The Bertz CT molecular complexity index is 797. The fourth-order valence-electron chi connectivity index (χ4n) is 1.99. The topological polar surface area (TPSA) is 58.8 Å². The summed E-state index contributed by atoms with van der Waals surface area (Å²) in [5.41, 5.74) is 0.208. The van der Waals surface area contributed by atoms with Gasteiger partial charge >= 0.3 is 0 Å². The van der Waals surface area contributed by atoms with Crippen LogP contribution >= 0.6 is 11.8 Å². The minimum absolute atomic E-state index is 0.169. The number of amidine groups is 1. The summed E-state index contributed by atoms with van der Waals surface area (Å²) in [6.07, 6.45) is 2.66.